The number of rotatable bonds is 2. The molecule has 0 radical (unpaired) electrons. The fraction of sp³-hybridized carbons (Fsp3) is 0.217. The molecule has 25 heavy (non-hydrogen) atoms. The Morgan fingerprint density at radius 1 is 0.880 bits per heavy atom. The van der Waals surface area contributed by atoms with Crippen molar-refractivity contribution in [3.05, 3.63) is 83.4 Å². The molecule has 1 unspecified atom stereocenters. The Hall–Kier alpha value is -2.74. The zero-order valence-electron chi connectivity index (χ0n) is 14.5. The van der Waals surface area contributed by atoms with Gasteiger partial charge in [0.25, 0.3) is 0 Å². The van der Waals surface area contributed by atoms with E-state index < -0.39 is 0 Å². The number of aromatic hydroxyl groups is 2. The molecule has 0 fully saturated rings. The first-order valence-corrected chi connectivity index (χ1v) is 8.67. The van der Waals surface area contributed by atoms with Crippen molar-refractivity contribution in [1.29, 1.82) is 0 Å². The number of hydrogen-bond acceptors (Lipinski definition) is 2. The largest absolute Gasteiger partial charge is 0.508 e. The molecule has 3 aromatic rings. The van der Waals surface area contributed by atoms with Crippen LogP contribution in [0.3, 0.4) is 0 Å². The van der Waals surface area contributed by atoms with Gasteiger partial charge in [0.15, 0.2) is 0 Å². The number of para-hydroxylation sites is 1. The smallest absolute Gasteiger partial charge is 0.123 e. The number of hydrogen-bond donors (Lipinski definition) is 2. The molecule has 0 heterocycles. The number of fused-ring (bicyclic) bond motifs is 1. The summed E-state index contributed by atoms with van der Waals surface area (Å²) < 4.78 is 0. The van der Waals surface area contributed by atoms with Crippen LogP contribution in [0.1, 0.15) is 42.9 Å². The monoisotopic (exact) mass is 330 g/mol. The average molecular weight is 330 g/mol. The van der Waals surface area contributed by atoms with Crippen molar-refractivity contribution in [3.8, 4) is 22.6 Å². The van der Waals surface area contributed by atoms with Crippen LogP contribution in [0.15, 0.2) is 66.7 Å². The molecule has 0 aromatic heterocycles. The van der Waals surface area contributed by atoms with Crippen LogP contribution in [0.25, 0.3) is 11.1 Å². The Morgan fingerprint density at radius 3 is 2.32 bits per heavy atom. The normalized spacial score (nSPS) is 18.1. The van der Waals surface area contributed by atoms with E-state index in [0.717, 1.165) is 17.5 Å². The predicted molar refractivity (Wildman–Crippen MR) is 101 cm³/mol. The van der Waals surface area contributed by atoms with E-state index in [1.165, 1.54) is 16.7 Å². The highest BCUT2D eigenvalue weighted by atomic mass is 16.3. The van der Waals surface area contributed by atoms with Crippen LogP contribution in [0.5, 0.6) is 11.5 Å². The maximum absolute atomic E-state index is 10.2. The van der Waals surface area contributed by atoms with Crippen LogP contribution in [0.4, 0.5) is 0 Å². The molecular formula is C23H22O2. The van der Waals surface area contributed by atoms with Gasteiger partial charge in [0.05, 0.1) is 0 Å². The van der Waals surface area contributed by atoms with E-state index in [1.807, 2.05) is 30.3 Å². The van der Waals surface area contributed by atoms with Gasteiger partial charge in [-0.2, -0.15) is 0 Å². The lowest BCUT2D eigenvalue weighted by Gasteiger charge is -2.20. The molecule has 0 bridgehead atoms. The lowest BCUT2D eigenvalue weighted by atomic mass is 9.84. The zero-order valence-corrected chi connectivity index (χ0v) is 14.5. The summed E-state index contributed by atoms with van der Waals surface area (Å²) in [7, 11) is 0. The SMILES string of the molecule is CC1(C)CC(c2ccc(O)cc2)c2ccc(-c3ccccc3O)cc21. The highest BCUT2D eigenvalue weighted by Crippen LogP contribution is 2.50. The van der Waals surface area contributed by atoms with Crippen molar-refractivity contribution in [3.63, 3.8) is 0 Å². The minimum Gasteiger partial charge on any atom is -0.508 e. The van der Waals surface area contributed by atoms with Crippen molar-refractivity contribution >= 4 is 0 Å². The number of benzene rings is 3. The van der Waals surface area contributed by atoms with Crippen LogP contribution in [0.2, 0.25) is 0 Å². The number of phenols is 2. The first-order valence-electron chi connectivity index (χ1n) is 8.67. The van der Waals surface area contributed by atoms with Gasteiger partial charge in [0.1, 0.15) is 11.5 Å². The Kier molecular flexibility index (Phi) is 3.57. The first-order chi connectivity index (χ1) is 12.0. The van der Waals surface area contributed by atoms with Crippen molar-refractivity contribution in [2.45, 2.75) is 31.6 Å². The van der Waals surface area contributed by atoms with E-state index in [0.29, 0.717) is 17.4 Å². The highest BCUT2D eigenvalue weighted by Gasteiger charge is 2.37. The summed E-state index contributed by atoms with van der Waals surface area (Å²) in [5, 5.41) is 19.7. The van der Waals surface area contributed by atoms with Crippen LogP contribution in [-0.2, 0) is 5.41 Å². The van der Waals surface area contributed by atoms with Crippen LogP contribution in [-0.4, -0.2) is 10.2 Å². The van der Waals surface area contributed by atoms with Crippen molar-refractivity contribution in [2.75, 3.05) is 0 Å². The molecule has 0 saturated carbocycles. The van der Waals surface area contributed by atoms with Crippen molar-refractivity contribution < 1.29 is 10.2 Å². The lowest BCUT2D eigenvalue weighted by Crippen LogP contribution is -2.12. The predicted octanol–water partition coefficient (Wildman–Crippen LogP) is 5.58. The van der Waals surface area contributed by atoms with Crippen molar-refractivity contribution in [2.24, 2.45) is 0 Å². The summed E-state index contributed by atoms with van der Waals surface area (Å²) in [6.07, 6.45) is 1.04. The fourth-order valence-electron chi connectivity index (χ4n) is 4.07. The molecule has 1 aliphatic rings. The van der Waals surface area contributed by atoms with Gasteiger partial charge in [-0.25, -0.2) is 0 Å². The second kappa shape index (κ2) is 5.66. The van der Waals surface area contributed by atoms with E-state index in [9.17, 15) is 10.2 Å². The summed E-state index contributed by atoms with van der Waals surface area (Å²) in [5.74, 6) is 0.952. The summed E-state index contributed by atoms with van der Waals surface area (Å²) in [4.78, 5) is 0. The maximum Gasteiger partial charge on any atom is 0.123 e. The molecule has 0 aliphatic heterocycles. The van der Waals surface area contributed by atoms with Gasteiger partial charge in [-0.05, 0) is 52.3 Å². The Morgan fingerprint density at radius 2 is 1.60 bits per heavy atom. The van der Waals surface area contributed by atoms with Crippen LogP contribution < -0.4 is 0 Å². The Bertz CT molecular complexity index is 923. The third kappa shape index (κ3) is 2.68. The lowest BCUT2D eigenvalue weighted by molar-refractivity contribution is 0.474. The van der Waals surface area contributed by atoms with Gasteiger partial charge >= 0.3 is 0 Å². The number of phenolic OH excluding ortho intramolecular Hbond substituents is 2. The van der Waals surface area contributed by atoms with Gasteiger partial charge in [-0.1, -0.05) is 62.4 Å². The molecule has 126 valence electrons. The quantitative estimate of drug-likeness (QED) is 0.644. The molecule has 4 rings (SSSR count). The maximum atomic E-state index is 10.2. The van der Waals surface area contributed by atoms with Gasteiger partial charge in [-0.15, -0.1) is 0 Å². The van der Waals surface area contributed by atoms with Crippen molar-refractivity contribution in [1.82, 2.24) is 0 Å². The molecule has 0 spiro atoms. The van der Waals surface area contributed by atoms with Gasteiger partial charge in [0.2, 0.25) is 0 Å². The molecule has 0 saturated heterocycles. The Labute approximate surface area is 148 Å². The summed E-state index contributed by atoms with van der Waals surface area (Å²) in [6, 6.07) is 21.6. The van der Waals surface area contributed by atoms with Crippen LogP contribution >= 0.6 is 0 Å². The molecule has 2 nitrogen and oxygen atoms in total. The topological polar surface area (TPSA) is 40.5 Å². The molecule has 1 aliphatic carbocycles. The van der Waals surface area contributed by atoms with Gasteiger partial charge < -0.3 is 10.2 Å². The van der Waals surface area contributed by atoms with E-state index in [-0.39, 0.29) is 5.41 Å². The third-order valence-electron chi connectivity index (χ3n) is 5.38. The second-order valence-electron chi connectivity index (χ2n) is 7.55. The Balaban J connectivity index is 1.81. The average Bonchev–Trinajstić information content (AvgIpc) is 2.87. The van der Waals surface area contributed by atoms with E-state index in [1.54, 1.807) is 18.2 Å². The summed E-state index contributed by atoms with van der Waals surface area (Å²) in [5.41, 5.74) is 5.91. The molecule has 0 amide bonds. The second-order valence-corrected chi connectivity index (χ2v) is 7.55. The fourth-order valence-corrected chi connectivity index (χ4v) is 4.07. The molecule has 3 aromatic carbocycles. The van der Waals surface area contributed by atoms with Crippen LogP contribution in [0, 0.1) is 0 Å². The van der Waals surface area contributed by atoms with Gasteiger partial charge in [-0.3, -0.25) is 0 Å². The van der Waals surface area contributed by atoms with Gasteiger partial charge in [0, 0.05) is 11.5 Å². The third-order valence-corrected chi connectivity index (χ3v) is 5.38. The first kappa shape index (κ1) is 15.8. The van der Waals surface area contributed by atoms with E-state index in [4.69, 9.17) is 0 Å². The summed E-state index contributed by atoms with van der Waals surface area (Å²) >= 11 is 0. The zero-order chi connectivity index (χ0) is 17.6. The molecule has 1 atom stereocenters. The molecule has 2 N–H and O–H groups in total. The molecule has 2 heteroatoms. The summed E-state index contributed by atoms with van der Waals surface area (Å²) in [6.45, 7) is 4.56. The minimum absolute atomic E-state index is 0.0678. The minimum atomic E-state index is 0.0678. The van der Waals surface area contributed by atoms with E-state index >= 15 is 0 Å². The standard InChI is InChI=1S/C23H22O2/c1-23(2)14-20(15-7-10-17(24)11-8-15)19-12-9-16(13-21(19)23)18-5-3-4-6-22(18)25/h3-13,20,24-25H,14H2,1-2H3. The molecular weight excluding hydrogens is 308 g/mol. The highest BCUT2D eigenvalue weighted by molar-refractivity contribution is 5.72. The van der Waals surface area contributed by atoms with E-state index in [2.05, 4.69) is 32.0 Å².